The molecule has 0 aliphatic rings. The van der Waals surface area contributed by atoms with Crippen LogP contribution in [0.5, 0.6) is 5.75 Å². The van der Waals surface area contributed by atoms with Crippen molar-refractivity contribution >= 4 is 11.6 Å². The van der Waals surface area contributed by atoms with E-state index < -0.39 is 0 Å². The number of alkyl halides is 1. The second kappa shape index (κ2) is 2.88. The average Bonchev–Trinajstić information content (AvgIpc) is 1.88. The average molecular weight is 158 g/mol. The van der Waals surface area contributed by atoms with E-state index in [9.17, 15) is 0 Å². The van der Waals surface area contributed by atoms with Crippen LogP contribution in [0, 0.1) is 6.92 Å². The molecule has 1 aromatic rings. The molecule has 10 heavy (non-hydrogen) atoms. The number of aryl methyl sites for hydroxylation is 1. The molecule has 0 fully saturated rings. The van der Waals surface area contributed by atoms with Crippen molar-refractivity contribution in [3.8, 4) is 5.75 Å². The molecule has 1 aromatic heterocycles. The SMILES string of the molecule is Cc1cc(O)cnc1CCl. The molecule has 0 spiro atoms. The fraction of sp³-hybridized carbons (Fsp3) is 0.286. The number of rotatable bonds is 1. The first-order chi connectivity index (χ1) is 4.74. The fourth-order valence-electron chi connectivity index (χ4n) is 0.728. The summed E-state index contributed by atoms with van der Waals surface area (Å²) in [5.41, 5.74) is 1.74. The van der Waals surface area contributed by atoms with Crippen LogP contribution >= 0.6 is 11.6 Å². The zero-order valence-corrected chi connectivity index (χ0v) is 6.39. The van der Waals surface area contributed by atoms with Gasteiger partial charge in [-0.25, -0.2) is 0 Å². The van der Waals surface area contributed by atoms with E-state index in [-0.39, 0.29) is 5.75 Å². The van der Waals surface area contributed by atoms with Crippen molar-refractivity contribution in [1.82, 2.24) is 4.98 Å². The van der Waals surface area contributed by atoms with Gasteiger partial charge in [-0.05, 0) is 18.6 Å². The normalized spacial score (nSPS) is 9.80. The molecule has 0 aliphatic carbocycles. The fourth-order valence-corrected chi connectivity index (χ4v) is 1.01. The predicted octanol–water partition coefficient (Wildman–Crippen LogP) is 1.83. The highest BCUT2D eigenvalue weighted by Crippen LogP contribution is 2.13. The van der Waals surface area contributed by atoms with Crippen LogP contribution in [-0.2, 0) is 5.88 Å². The molecule has 54 valence electrons. The topological polar surface area (TPSA) is 33.1 Å². The first-order valence-electron chi connectivity index (χ1n) is 2.94. The maximum absolute atomic E-state index is 8.93. The number of hydrogen-bond acceptors (Lipinski definition) is 2. The van der Waals surface area contributed by atoms with Crippen LogP contribution in [0.1, 0.15) is 11.3 Å². The molecule has 1 N–H and O–H groups in total. The van der Waals surface area contributed by atoms with Gasteiger partial charge in [0.15, 0.2) is 0 Å². The first kappa shape index (κ1) is 7.35. The molecule has 1 heterocycles. The maximum Gasteiger partial charge on any atom is 0.134 e. The van der Waals surface area contributed by atoms with E-state index in [0.717, 1.165) is 11.3 Å². The van der Waals surface area contributed by atoms with Gasteiger partial charge >= 0.3 is 0 Å². The number of halogens is 1. The van der Waals surface area contributed by atoms with Gasteiger partial charge in [-0.3, -0.25) is 4.98 Å². The maximum atomic E-state index is 8.93. The Morgan fingerprint density at radius 3 is 2.90 bits per heavy atom. The molecule has 0 saturated heterocycles. The minimum atomic E-state index is 0.186. The van der Waals surface area contributed by atoms with Gasteiger partial charge in [-0.15, -0.1) is 11.6 Å². The predicted molar refractivity (Wildman–Crippen MR) is 40.2 cm³/mol. The zero-order valence-electron chi connectivity index (χ0n) is 5.63. The second-order valence-corrected chi connectivity index (χ2v) is 2.36. The molecule has 0 aliphatic heterocycles. The molecule has 0 atom stereocenters. The molecule has 0 amide bonds. The van der Waals surface area contributed by atoms with Crippen molar-refractivity contribution in [1.29, 1.82) is 0 Å². The highest BCUT2D eigenvalue weighted by atomic mass is 35.5. The van der Waals surface area contributed by atoms with Gasteiger partial charge in [-0.1, -0.05) is 0 Å². The van der Waals surface area contributed by atoms with E-state index in [2.05, 4.69) is 4.98 Å². The summed E-state index contributed by atoms with van der Waals surface area (Å²) in [6.45, 7) is 1.87. The number of pyridine rings is 1. The van der Waals surface area contributed by atoms with Crippen LogP contribution in [0.15, 0.2) is 12.3 Å². The highest BCUT2D eigenvalue weighted by molar-refractivity contribution is 6.16. The van der Waals surface area contributed by atoms with Crippen LogP contribution in [-0.4, -0.2) is 10.1 Å². The monoisotopic (exact) mass is 157 g/mol. The van der Waals surface area contributed by atoms with E-state index >= 15 is 0 Å². The Balaban J connectivity index is 3.07. The molecule has 0 aromatic carbocycles. The van der Waals surface area contributed by atoms with Gasteiger partial charge in [0.2, 0.25) is 0 Å². The van der Waals surface area contributed by atoms with Crippen molar-refractivity contribution in [3.05, 3.63) is 23.5 Å². The summed E-state index contributed by atoms with van der Waals surface area (Å²) in [5.74, 6) is 0.581. The number of nitrogens with zero attached hydrogens (tertiary/aromatic N) is 1. The van der Waals surface area contributed by atoms with Gasteiger partial charge in [0.05, 0.1) is 17.8 Å². The summed E-state index contributed by atoms with van der Waals surface area (Å²) in [5, 5.41) is 8.93. The quantitative estimate of drug-likeness (QED) is 0.631. The molecule has 0 saturated carbocycles. The van der Waals surface area contributed by atoms with Crippen molar-refractivity contribution < 1.29 is 5.11 Å². The van der Waals surface area contributed by atoms with E-state index in [0.29, 0.717) is 5.88 Å². The Bertz CT molecular complexity index is 237. The number of hydrogen-bond donors (Lipinski definition) is 1. The van der Waals surface area contributed by atoms with Crippen LogP contribution in [0.2, 0.25) is 0 Å². The minimum Gasteiger partial charge on any atom is -0.506 e. The number of aromatic nitrogens is 1. The van der Waals surface area contributed by atoms with E-state index in [1.54, 1.807) is 6.07 Å². The molecule has 0 radical (unpaired) electrons. The Morgan fingerprint density at radius 2 is 2.40 bits per heavy atom. The second-order valence-electron chi connectivity index (χ2n) is 2.09. The lowest BCUT2D eigenvalue weighted by molar-refractivity contribution is 0.471. The Kier molecular flexibility index (Phi) is 2.12. The van der Waals surface area contributed by atoms with Gasteiger partial charge < -0.3 is 5.11 Å². The molecular weight excluding hydrogens is 150 g/mol. The molecule has 1 rings (SSSR count). The molecule has 3 heteroatoms. The van der Waals surface area contributed by atoms with Gasteiger partial charge in [0.25, 0.3) is 0 Å². The van der Waals surface area contributed by atoms with E-state index in [1.165, 1.54) is 6.20 Å². The summed E-state index contributed by atoms with van der Waals surface area (Å²) in [7, 11) is 0. The third-order valence-electron chi connectivity index (χ3n) is 1.30. The van der Waals surface area contributed by atoms with Gasteiger partial charge in [0.1, 0.15) is 5.75 Å². The summed E-state index contributed by atoms with van der Waals surface area (Å²) in [6, 6.07) is 1.64. The largest absolute Gasteiger partial charge is 0.506 e. The zero-order chi connectivity index (χ0) is 7.56. The van der Waals surface area contributed by atoms with Gasteiger partial charge in [0, 0.05) is 0 Å². The Hall–Kier alpha value is -0.760. The smallest absolute Gasteiger partial charge is 0.134 e. The third-order valence-corrected chi connectivity index (χ3v) is 1.55. The summed E-state index contributed by atoms with van der Waals surface area (Å²) in [6.07, 6.45) is 1.39. The molecular formula is C7H8ClNO. The summed E-state index contributed by atoms with van der Waals surface area (Å²) >= 11 is 5.54. The van der Waals surface area contributed by atoms with Crippen LogP contribution in [0.25, 0.3) is 0 Å². The first-order valence-corrected chi connectivity index (χ1v) is 3.48. The van der Waals surface area contributed by atoms with Crippen molar-refractivity contribution in [2.45, 2.75) is 12.8 Å². The van der Waals surface area contributed by atoms with Crippen LogP contribution < -0.4 is 0 Å². The summed E-state index contributed by atoms with van der Waals surface area (Å²) in [4.78, 5) is 3.91. The Morgan fingerprint density at radius 1 is 1.70 bits per heavy atom. The molecule has 0 unspecified atom stereocenters. The lowest BCUT2D eigenvalue weighted by atomic mass is 10.2. The van der Waals surface area contributed by atoms with Crippen molar-refractivity contribution in [3.63, 3.8) is 0 Å². The van der Waals surface area contributed by atoms with Crippen molar-refractivity contribution in [2.75, 3.05) is 0 Å². The van der Waals surface area contributed by atoms with E-state index in [1.807, 2.05) is 6.92 Å². The standard InChI is InChI=1S/C7H8ClNO/c1-5-2-6(10)4-9-7(5)3-8/h2,4,10H,3H2,1H3. The Labute approximate surface area is 64.5 Å². The van der Waals surface area contributed by atoms with Gasteiger partial charge in [-0.2, -0.15) is 0 Å². The highest BCUT2D eigenvalue weighted by Gasteiger charge is 1.97. The van der Waals surface area contributed by atoms with Crippen molar-refractivity contribution in [2.24, 2.45) is 0 Å². The summed E-state index contributed by atoms with van der Waals surface area (Å²) < 4.78 is 0. The molecule has 2 nitrogen and oxygen atoms in total. The molecule has 0 bridgehead atoms. The number of aromatic hydroxyl groups is 1. The minimum absolute atomic E-state index is 0.186. The lowest BCUT2D eigenvalue weighted by Crippen LogP contribution is -1.88. The van der Waals surface area contributed by atoms with E-state index in [4.69, 9.17) is 16.7 Å². The third kappa shape index (κ3) is 1.39. The lowest BCUT2D eigenvalue weighted by Gasteiger charge is -1.99. The van der Waals surface area contributed by atoms with Crippen LogP contribution in [0.3, 0.4) is 0 Å². The van der Waals surface area contributed by atoms with Crippen LogP contribution in [0.4, 0.5) is 0 Å².